The molecule has 0 radical (unpaired) electrons. The summed E-state index contributed by atoms with van der Waals surface area (Å²) >= 11 is 1.50. The van der Waals surface area contributed by atoms with Gasteiger partial charge in [-0.1, -0.05) is 6.92 Å². The zero-order chi connectivity index (χ0) is 15.5. The molecule has 5 atom stereocenters. The van der Waals surface area contributed by atoms with Crippen LogP contribution in [0.25, 0.3) is 0 Å². The SMILES string of the molecule is CC(C)OC1[C@@H](COP(=O)(O)OC(C)C)S[C@@H](C)[C@H]1O. The number of hydrogen-bond donors (Lipinski definition) is 2. The number of aliphatic hydroxyl groups excluding tert-OH is 1. The smallest absolute Gasteiger partial charge is 0.389 e. The van der Waals surface area contributed by atoms with Crippen molar-refractivity contribution in [3.05, 3.63) is 0 Å². The van der Waals surface area contributed by atoms with Crippen molar-refractivity contribution >= 4 is 19.6 Å². The number of hydrogen-bond acceptors (Lipinski definition) is 6. The maximum Gasteiger partial charge on any atom is 0.472 e. The van der Waals surface area contributed by atoms with E-state index in [0.717, 1.165) is 0 Å². The first-order valence-electron chi connectivity index (χ1n) is 6.77. The first-order chi connectivity index (χ1) is 9.12. The molecule has 2 N–H and O–H groups in total. The van der Waals surface area contributed by atoms with E-state index in [2.05, 4.69) is 0 Å². The zero-order valence-corrected chi connectivity index (χ0v) is 14.3. The molecule has 0 spiro atoms. The Hall–Kier alpha value is 0.380. The number of aliphatic hydroxyl groups is 1. The molecule has 1 rings (SSSR count). The quantitative estimate of drug-likeness (QED) is 0.693. The summed E-state index contributed by atoms with van der Waals surface area (Å²) < 4.78 is 27.2. The second kappa shape index (κ2) is 7.58. The van der Waals surface area contributed by atoms with E-state index < -0.39 is 26.1 Å². The first-order valence-corrected chi connectivity index (χ1v) is 9.21. The lowest BCUT2D eigenvalue weighted by atomic mass is 10.1. The van der Waals surface area contributed by atoms with Gasteiger partial charge in [-0.3, -0.25) is 9.05 Å². The van der Waals surface area contributed by atoms with Crippen molar-refractivity contribution in [3.63, 3.8) is 0 Å². The van der Waals surface area contributed by atoms with Crippen molar-refractivity contribution in [3.8, 4) is 0 Å². The highest BCUT2D eigenvalue weighted by Crippen LogP contribution is 2.46. The molecule has 1 aliphatic heterocycles. The van der Waals surface area contributed by atoms with Crippen LogP contribution in [0.3, 0.4) is 0 Å². The number of thioether (sulfide) groups is 1. The Balaban J connectivity index is 2.59. The summed E-state index contributed by atoms with van der Waals surface area (Å²) in [7, 11) is -4.05. The van der Waals surface area contributed by atoms with E-state index in [1.807, 2.05) is 20.8 Å². The second-order valence-corrected chi connectivity index (χ2v) is 8.47. The van der Waals surface area contributed by atoms with Crippen LogP contribution in [0.5, 0.6) is 0 Å². The fourth-order valence-electron chi connectivity index (χ4n) is 2.00. The van der Waals surface area contributed by atoms with Gasteiger partial charge in [-0.25, -0.2) is 4.57 Å². The number of ether oxygens (including phenoxy) is 1. The molecule has 0 bridgehead atoms. The molecule has 0 aromatic heterocycles. The molecule has 6 nitrogen and oxygen atoms in total. The van der Waals surface area contributed by atoms with Gasteiger partial charge in [-0.2, -0.15) is 0 Å². The summed E-state index contributed by atoms with van der Waals surface area (Å²) in [4.78, 5) is 9.54. The molecule has 0 aromatic carbocycles. The summed E-state index contributed by atoms with van der Waals surface area (Å²) in [6.07, 6.45) is -1.45. The molecule has 0 saturated carbocycles. The predicted octanol–water partition coefficient (Wildman–Crippen LogP) is 2.19. The third-order valence-corrected chi connectivity index (χ3v) is 5.37. The summed E-state index contributed by atoms with van der Waals surface area (Å²) in [5.74, 6) is 0. The van der Waals surface area contributed by atoms with Crippen LogP contribution in [-0.2, 0) is 18.3 Å². The van der Waals surface area contributed by atoms with Crippen molar-refractivity contribution in [1.29, 1.82) is 0 Å². The van der Waals surface area contributed by atoms with E-state index in [1.165, 1.54) is 11.8 Å². The van der Waals surface area contributed by atoms with Gasteiger partial charge in [0.2, 0.25) is 0 Å². The van der Waals surface area contributed by atoms with Crippen LogP contribution in [0.1, 0.15) is 34.6 Å². The predicted molar refractivity (Wildman–Crippen MR) is 78.9 cm³/mol. The molecule has 0 aromatic rings. The van der Waals surface area contributed by atoms with Crippen LogP contribution in [0.15, 0.2) is 0 Å². The number of phosphoric acid groups is 1. The minimum atomic E-state index is -4.05. The monoisotopic (exact) mass is 328 g/mol. The van der Waals surface area contributed by atoms with Crippen LogP contribution in [0, 0.1) is 0 Å². The lowest BCUT2D eigenvalue weighted by Crippen LogP contribution is -2.38. The Kier molecular flexibility index (Phi) is 6.99. The highest BCUT2D eigenvalue weighted by atomic mass is 32.2. The highest BCUT2D eigenvalue weighted by Gasteiger charge is 2.43. The van der Waals surface area contributed by atoms with Crippen LogP contribution in [0.2, 0.25) is 0 Å². The van der Waals surface area contributed by atoms with E-state index in [4.69, 9.17) is 13.8 Å². The third-order valence-electron chi connectivity index (χ3n) is 2.75. The van der Waals surface area contributed by atoms with Gasteiger partial charge >= 0.3 is 7.82 Å². The maximum absolute atomic E-state index is 11.7. The molecule has 0 amide bonds. The lowest BCUT2D eigenvalue weighted by Gasteiger charge is -2.24. The van der Waals surface area contributed by atoms with Crippen molar-refractivity contribution in [2.24, 2.45) is 0 Å². The molecule has 120 valence electrons. The fourth-order valence-corrected chi connectivity index (χ4v) is 4.44. The standard InChI is InChI=1S/C12H25O6PS/c1-7(2)17-12-10(20-9(5)11(12)13)6-16-19(14,15)18-8(3)4/h7-13H,6H2,1-5H3,(H,14,15)/t9-,10+,11+,12?/m0/s1. The zero-order valence-electron chi connectivity index (χ0n) is 12.6. The molecule has 2 unspecified atom stereocenters. The first kappa shape index (κ1) is 18.4. The number of rotatable bonds is 7. The summed E-state index contributed by atoms with van der Waals surface area (Å²) in [5.41, 5.74) is 0. The van der Waals surface area contributed by atoms with Gasteiger partial charge < -0.3 is 14.7 Å². The molecule has 1 saturated heterocycles. The van der Waals surface area contributed by atoms with Gasteiger partial charge in [0.05, 0.1) is 36.3 Å². The minimum Gasteiger partial charge on any atom is -0.389 e. The molecule has 0 aliphatic carbocycles. The largest absolute Gasteiger partial charge is 0.472 e. The van der Waals surface area contributed by atoms with Crippen molar-refractivity contribution < 1.29 is 28.3 Å². The normalized spacial score (nSPS) is 33.9. The van der Waals surface area contributed by atoms with Gasteiger partial charge in [-0.15, -0.1) is 11.8 Å². The lowest BCUT2D eigenvalue weighted by molar-refractivity contribution is -0.0617. The van der Waals surface area contributed by atoms with Crippen molar-refractivity contribution in [1.82, 2.24) is 0 Å². The summed E-state index contributed by atoms with van der Waals surface area (Å²) in [6, 6.07) is 0. The fraction of sp³-hybridized carbons (Fsp3) is 1.00. The van der Waals surface area contributed by atoms with Gasteiger partial charge in [0.1, 0.15) is 0 Å². The van der Waals surface area contributed by atoms with Crippen molar-refractivity contribution in [2.45, 2.75) is 69.5 Å². The van der Waals surface area contributed by atoms with Gasteiger partial charge in [-0.05, 0) is 27.7 Å². The van der Waals surface area contributed by atoms with Crippen LogP contribution < -0.4 is 0 Å². The van der Waals surface area contributed by atoms with E-state index >= 15 is 0 Å². The third kappa shape index (κ3) is 5.64. The van der Waals surface area contributed by atoms with E-state index in [-0.39, 0.29) is 23.2 Å². The van der Waals surface area contributed by atoms with E-state index in [0.29, 0.717) is 0 Å². The Morgan fingerprint density at radius 3 is 2.35 bits per heavy atom. The van der Waals surface area contributed by atoms with Crippen LogP contribution in [-0.4, -0.2) is 51.5 Å². The molecule has 8 heteroatoms. The molecule has 20 heavy (non-hydrogen) atoms. The second-order valence-electron chi connectivity index (χ2n) is 5.44. The van der Waals surface area contributed by atoms with Gasteiger partial charge in [0.15, 0.2) is 0 Å². The van der Waals surface area contributed by atoms with Crippen LogP contribution in [0.4, 0.5) is 0 Å². The molecular formula is C12H25O6PS. The summed E-state index contributed by atoms with van der Waals surface area (Å²) in [5, 5.41) is 9.89. The molecular weight excluding hydrogens is 303 g/mol. The van der Waals surface area contributed by atoms with E-state index in [1.54, 1.807) is 13.8 Å². The number of phosphoric ester groups is 1. The average molecular weight is 328 g/mol. The minimum absolute atomic E-state index is 0.00329. The Morgan fingerprint density at radius 1 is 1.25 bits per heavy atom. The van der Waals surface area contributed by atoms with Crippen LogP contribution >= 0.6 is 19.6 Å². The summed E-state index contributed by atoms with van der Waals surface area (Å²) in [6.45, 7) is 8.99. The molecule has 1 aliphatic rings. The maximum atomic E-state index is 11.7. The Morgan fingerprint density at radius 2 is 1.85 bits per heavy atom. The Bertz CT molecular complexity index is 351. The average Bonchev–Trinajstić information content (AvgIpc) is 2.52. The topological polar surface area (TPSA) is 85.2 Å². The Labute approximate surface area is 124 Å². The van der Waals surface area contributed by atoms with Gasteiger partial charge in [0, 0.05) is 5.25 Å². The van der Waals surface area contributed by atoms with E-state index in [9.17, 15) is 14.6 Å². The van der Waals surface area contributed by atoms with Crippen molar-refractivity contribution in [2.75, 3.05) is 6.61 Å². The van der Waals surface area contributed by atoms with Gasteiger partial charge in [0.25, 0.3) is 0 Å². The molecule has 1 heterocycles. The molecule has 1 fully saturated rings. The highest BCUT2D eigenvalue weighted by molar-refractivity contribution is 8.00.